The molecule has 22 heavy (non-hydrogen) atoms. The van der Waals surface area contributed by atoms with Crippen molar-refractivity contribution in [2.45, 2.75) is 52.2 Å². The van der Waals surface area contributed by atoms with E-state index in [9.17, 15) is 4.79 Å². The molecule has 0 bridgehead atoms. The molecule has 4 heteroatoms. The first-order valence-electron chi connectivity index (χ1n) is 8.01. The fraction of sp³-hybridized carbons (Fsp3) is 0.611. The Kier molecular flexibility index (Phi) is 5.83. The molecule has 1 aliphatic heterocycles. The van der Waals surface area contributed by atoms with Crippen LogP contribution in [0.4, 0.5) is 0 Å². The number of methoxy groups -OCH3 is 1. The lowest BCUT2D eigenvalue weighted by Gasteiger charge is -2.20. The molecular formula is C18H27NO3. The third-order valence-corrected chi connectivity index (χ3v) is 4.27. The standard InChI is InChI=1S/C18H27NO3/c1-13-10-15(11-14(2)18(13)21-4)12-19(3)17(20)8-7-16-6-5-9-22-16/h10-11,16H,5-9,12H2,1-4H3/t16-/m0/s1. The molecule has 0 aliphatic carbocycles. The van der Waals surface area contributed by atoms with Gasteiger partial charge in [-0.3, -0.25) is 4.79 Å². The molecule has 0 saturated carbocycles. The molecule has 1 aliphatic rings. The maximum absolute atomic E-state index is 12.2. The number of hydrogen-bond donors (Lipinski definition) is 0. The van der Waals surface area contributed by atoms with E-state index in [1.807, 2.05) is 20.9 Å². The molecule has 1 amide bonds. The summed E-state index contributed by atoms with van der Waals surface area (Å²) in [5.74, 6) is 1.11. The molecule has 0 N–H and O–H groups in total. The fourth-order valence-corrected chi connectivity index (χ4v) is 3.16. The maximum atomic E-state index is 12.2. The lowest BCUT2D eigenvalue weighted by molar-refractivity contribution is -0.131. The van der Waals surface area contributed by atoms with E-state index < -0.39 is 0 Å². The van der Waals surface area contributed by atoms with Crippen LogP contribution in [0, 0.1) is 13.8 Å². The smallest absolute Gasteiger partial charge is 0.222 e. The minimum atomic E-state index is 0.182. The van der Waals surface area contributed by atoms with Crippen molar-refractivity contribution in [1.29, 1.82) is 0 Å². The molecule has 2 rings (SSSR count). The summed E-state index contributed by atoms with van der Waals surface area (Å²) in [6.07, 6.45) is 3.90. The molecule has 1 aromatic rings. The highest BCUT2D eigenvalue weighted by Gasteiger charge is 2.18. The summed E-state index contributed by atoms with van der Waals surface area (Å²) in [5.41, 5.74) is 3.36. The van der Waals surface area contributed by atoms with Gasteiger partial charge in [-0.2, -0.15) is 0 Å². The predicted octanol–water partition coefficient (Wildman–Crippen LogP) is 3.23. The van der Waals surface area contributed by atoms with Gasteiger partial charge in [0.25, 0.3) is 0 Å². The van der Waals surface area contributed by atoms with Crippen LogP contribution in [0.2, 0.25) is 0 Å². The van der Waals surface area contributed by atoms with Gasteiger partial charge in [0, 0.05) is 26.6 Å². The lowest BCUT2D eigenvalue weighted by atomic mass is 10.0. The molecule has 0 unspecified atom stereocenters. The second kappa shape index (κ2) is 7.63. The first kappa shape index (κ1) is 16.8. The quantitative estimate of drug-likeness (QED) is 0.810. The summed E-state index contributed by atoms with van der Waals surface area (Å²) >= 11 is 0. The average Bonchev–Trinajstić information content (AvgIpc) is 2.97. The van der Waals surface area contributed by atoms with E-state index in [4.69, 9.17) is 9.47 Å². The van der Waals surface area contributed by atoms with Gasteiger partial charge in [0.05, 0.1) is 13.2 Å². The Labute approximate surface area is 133 Å². The van der Waals surface area contributed by atoms with Gasteiger partial charge in [0.2, 0.25) is 5.91 Å². The average molecular weight is 305 g/mol. The van der Waals surface area contributed by atoms with Crippen LogP contribution in [-0.2, 0) is 16.1 Å². The molecule has 0 radical (unpaired) electrons. The van der Waals surface area contributed by atoms with Crippen molar-refractivity contribution in [3.05, 3.63) is 28.8 Å². The van der Waals surface area contributed by atoms with Crippen LogP contribution >= 0.6 is 0 Å². The SMILES string of the molecule is COc1c(C)cc(CN(C)C(=O)CC[C@@H]2CCCO2)cc1C. The zero-order chi connectivity index (χ0) is 16.1. The zero-order valence-corrected chi connectivity index (χ0v) is 14.1. The molecule has 1 heterocycles. The minimum absolute atomic E-state index is 0.182. The normalized spacial score (nSPS) is 17.5. The number of ether oxygens (including phenoxy) is 2. The van der Waals surface area contributed by atoms with E-state index in [0.29, 0.717) is 13.0 Å². The predicted molar refractivity (Wildman–Crippen MR) is 87.2 cm³/mol. The first-order chi connectivity index (χ1) is 10.5. The van der Waals surface area contributed by atoms with Gasteiger partial charge in [0.1, 0.15) is 5.75 Å². The van der Waals surface area contributed by atoms with Crippen LogP contribution in [0.1, 0.15) is 42.4 Å². The maximum Gasteiger partial charge on any atom is 0.222 e. The molecule has 0 aromatic heterocycles. The molecule has 4 nitrogen and oxygen atoms in total. The van der Waals surface area contributed by atoms with Gasteiger partial charge in [-0.15, -0.1) is 0 Å². The Hall–Kier alpha value is -1.55. The number of carbonyl (C=O) groups is 1. The summed E-state index contributed by atoms with van der Waals surface area (Å²) in [6, 6.07) is 4.19. The van der Waals surface area contributed by atoms with Gasteiger partial charge in [0.15, 0.2) is 0 Å². The van der Waals surface area contributed by atoms with Crippen LogP contribution in [0.25, 0.3) is 0 Å². The minimum Gasteiger partial charge on any atom is -0.496 e. The molecule has 0 spiro atoms. The largest absolute Gasteiger partial charge is 0.496 e. The first-order valence-corrected chi connectivity index (χ1v) is 8.01. The van der Waals surface area contributed by atoms with E-state index in [1.54, 1.807) is 12.0 Å². The third-order valence-electron chi connectivity index (χ3n) is 4.27. The van der Waals surface area contributed by atoms with E-state index in [-0.39, 0.29) is 12.0 Å². The molecular weight excluding hydrogens is 278 g/mol. The topological polar surface area (TPSA) is 38.8 Å². The summed E-state index contributed by atoms with van der Waals surface area (Å²) in [6.45, 7) is 5.55. The summed E-state index contributed by atoms with van der Waals surface area (Å²) in [4.78, 5) is 14.0. The number of hydrogen-bond acceptors (Lipinski definition) is 3. The third kappa shape index (κ3) is 4.23. The van der Waals surface area contributed by atoms with Crippen LogP contribution in [0.3, 0.4) is 0 Å². The Morgan fingerprint density at radius 1 is 1.36 bits per heavy atom. The zero-order valence-electron chi connectivity index (χ0n) is 14.1. The number of benzene rings is 1. The molecule has 122 valence electrons. The molecule has 1 saturated heterocycles. The van der Waals surface area contributed by atoms with E-state index in [1.165, 1.54) is 0 Å². The molecule has 1 aromatic carbocycles. The van der Waals surface area contributed by atoms with Gasteiger partial charge < -0.3 is 14.4 Å². The van der Waals surface area contributed by atoms with Gasteiger partial charge in [-0.25, -0.2) is 0 Å². The van der Waals surface area contributed by atoms with Crippen molar-refractivity contribution in [2.24, 2.45) is 0 Å². The Morgan fingerprint density at radius 2 is 2.05 bits per heavy atom. The highest BCUT2D eigenvalue weighted by molar-refractivity contribution is 5.75. The number of rotatable bonds is 6. The lowest BCUT2D eigenvalue weighted by Crippen LogP contribution is -2.27. The number of aryl methyl sites for hydroxylation is 2. The van der Waals surface area contributed by atoms with Gasteiger partial charge >= 0.3 is 0 Å². The fourth-order valence-electron chi connectivity index (χ4n) is 3.16. The van der Waals surface area contributed by atoms with E-state index >= 15 is 0 Å². The van der Waals surface area contributed by atoms with E-state index in [0.717, 1.165) is 48.3 Å². The highest BCUT2D eigenvalue weighted by atomic mass is 16.5. The van der Waals surface area contributed by atoms with Crippen molar-refractivity contribution < 1.29 is 14.3 Å². The summed E-state index contributed by atoms with van der Waals surface area (Å²) < 4.78 is 11.0. The van der Waals surface area contributed by atoms with Gasteiger partial charge in [-0.05, 0) is 49.8 Å². The van der Waals surface area contributed by atoms with Crippen LogP contribution in [0.15, 0.2) is 12.1 Å². The molecule has 1 atom stereocenters. The van der Waals surface area contributed by atoms with Crippen molar-refractivity contribution in [3.8, 4) is 5.75 Å². The second-order valence-corrected chi connectivity index (χ2v) is 6.19. The Balaban J connectivity index is 1.90. The second-order valence-electron chi connectivity index (χ2n) is 6.19. The monoisotopic (exact) mass is 305 g/mol. The van der Waals surface area contributed by atoms with Crippen molar-refractivity contribution in [1.82, 2.24) is 4.90 Å². The van der Waals surface area contributed by atoms with Crippen LogP contribution in [-0.4, -0.2) is 37.7 Å². The van der Waals surface area contributed by atoms with Crippen LogP contribution in [0.5, 0.6) is 5.75 Å². The summed E-state index contributed by atoms with van der Waals surface area (Å²) in [5, 5.41) is 0. The Bertz CT molecular complexity index is 498. The van der Waals surface area contributed by atoms with Crippen molar-refractivity contribution in [2.75, 3.05) is 20.8 Å². The van der Waals surface area contributed by atoms with Crippen molar-refractivity contribution in [3.63, 3.8) is 0 Å². The highest BCUT2D eigenvalue weighted by Crippen LogP contribution is 2.25. The van der Waals surface area contributed by atoms with Gasteiger partial charge in [-0.1, -0.05) is 12.1 Å². The van der Waals surface area contributed by atoms with Crippen molar-refractivity contribution >= 4 is 5.91 Å². The number of carbonyl (C=O) groups excluding carboxylic acids is 1. The molecule has 1 fully saturated rings. The van der Waals surface area contributed by atoms with E-state index in [2.05, 4.69) is 12.1 Å². The Morgan fingerprint density at radius 3 is 2.59 bits per heavy atom. The summed E-state index contributed by atoms with van der Waals surface area (Å²) in [7, 11) is 3.56. The van der Waals surface area contributed by atoms with Crippen LogP contribution < -0.4 is 4.74 Å². The number of amides is 1. The number of nitrogens with zero attached hydrogens (tertiary/aromatic N) is 1.